The maximum absolute atomic E-state index is 12.4. The number of carbonyl (C=O) groups excluding carboxylic acids is 2. The van der Waals surface area contributed by atoms with Gasteiger partial charge in [0.15, 0.2) is 0 Å². The van der Waals surface area contributed by atoms with Crippen molar-refractivity contribution in [2.45, 2.75) is 13.8 Å². The van der Waals surface area contributed by atoms with Crippen LogP contribution in [0.2, 0.25) is 0 Å². The van der Waals surface area contributed by atoms with Crippen LogP contribution in [0.25, 0.3) is 0 Å². The largest absolute Gasteiger partial charge is 0.497 e. The molecule has 6 nitrogen and oxygen atoms in total. The average Bonchev–Trinajstić information content (AvgIpc) is 2.58. The van der Waals surface area contributed by atoms with Gasteiger partial charge in [-0.2, -0.15) is 0 Å². The van der Waals surface area contributed by atoms with E-state index in [0.29, 0.717) is 22.7 Å². The molecule has 0 aliphatic heterocycles. The number of methoxy groups -OCH3 is 1. The molecule has 0 aromatic heterocycles. The molecule has 2 amide bonds. The van der Waals surface area contributed by atoms with Gasteiger partial charge in [-0.25, -0.2) is 4.79 Å². The van der Waals surface area contributed by atoms with E-state index in [1.54, 1.807) is 56.5 Å². The lowest BCUT2D eigenvalue weighted by molar-refractivity contribution is 0.102. The van der Waals surface area contributed by atoms with E-state index in [-0.39, 0.29) is 12.5 Å². The third-order valence-corrected chi connectivity index (χ3v) is 3.43. The van der Waals surface area contributed by atoms with Crippen molar-refractivity contribution in [3.8, 4) is 5.75 Å². The molecule has 0 spiro atoms. The molecular formula is C18H20N2O4. The summed E-state index contributed by atoms with van der Waals surface area (Å²) in [6, 6.07) is 12.1. The van der Waals surface area contributed by atoms with Gasteiger partial charge in [-0.3, -0.25) is 10.1 Å². The summed E-state index contributed by atoms with van der Waals surface area (Å²) < 4.78 is 9.99. The average molecular weight is 328 g/mol. The molecule has 0 atom stereocenters. The van der Waals surface area contributed by atoms with Gasteiger partial charge in [0, 0.05) is 16.9 Å². The predicted octanol–water partition coefficient (Wildman–Crippen LogP) is 3.82. The molecule has 0 saturated carbocycles. The van der Waals surface area contributed by atoms with E-state index in [9.17, 15) is 9.59 Å². The number of amides is 2. The van der Waals surface area contributed by atoms with E-state index in [0.717, 1.165) is 5.56 Å². The first-order chi connectivity index (χ1) is 11.5. The molecule has 0 saturated heterocycles. The zero-order valence-electron chi connectivity index (χ0n) is 13.9. The predicted molar refractivity (Wildman–Crippen MR) is 92.8 cm³/mol. The molecule has 2 N–H and O–H groups in total. The second-order valence-corrected chi connectivity index (χ2v) is 5.01. The highest BCUT2D eigenvalue weighted by Gasteiger charge is 2.12. The molecule has 126 valence electrons. The standard InChI is InChI=1S/C18H20N2O4/c1-4-24-18(22)20-16-10-6-9-15(12(16)2)19-17(21)13-7-5-8-14(11-13)23-3/h5-11H,4H2,1-3H3,(H,19,21)(H,20,22). The van der Waals surface area contributed by atoms with Gasteiger partial charge in [-0.1, -0.05) is 12.1 Å². The number of hydrogen-bond acceptors (Lipinski definition) is 4. The van der Waals surface area contributed by atoms with E-state index >= 15 is 0 Å². The highest BCUT2D eigenvalue weighted by Crippen LogP contribution is 2.24. The number of rotatable bonds is 5. The maximum Gasteiger partial charge on any atom is 0.411 e. The summed E-state index contributed by atoms with van der Waals surface area (Å²) in [7, 11) is 1.55. The van der Waals surface area contributed by atoms with Crippen LogP contribution in [-0.4, -0.2) is 25.7 Å². The lowest BCUT2D eigenvalue weighted by atomic mass is 10.1. The van der Waals surface area contributed by atoms with E-state index in [4.69, 9.17) is 9.47 Å². The van der Waals surface area contributed by atoms with E-state index in [1.807, 2.05) is 6.92 Å². The smallest absolute Gasteiger partial charge is 0.411 e. The molecule has 0 unspecified atom stereocenters. The number of nitrogens with one attached hydrogen (secondary N) is 2. The molecule has 0 fully saturated rings. The van der Waals surface area contributed by atoms with E-state index in [1.165, 1.54) is 0 Å². The fourth-order valence-electron chi connectivity index (χ4n) is 2.14. The Bertz CT molecular complexity index is 744. The van der Waals surface area contributed by atoms with Gasteiger partial charge in [0.05, 0.1) is 13.7 Å². The lowest BCUT2D eigenvalue weighted by Gasteiger charge is -2.13. The zero-order chi connectivity index (χ0) is 17.5. The summed E-state index contributed by atoms with van der Waals surface area (Å²) in [5.74, 6) is 0.349. The Morgan fingerprint density at radius 1 is 1.04 bits per heavy atom. The number of hydrogen-bond donors (Lipinski definition) is 2. The van der Waals surface area contributed by atoms with Gasteiger partial charge in [-0.15, -0.1) is 0 Å². The fraction of sp³-hybridized carbons (Fsp3) is 0.222. The normalized spacial score (nSPS) is 9.96. The minimum absolute atomic E-state index is 0.259. The highest BCUT2D eigenvalue weighted by molar-refractivity contribution is 6.05. The third-order valence-electron chi connectivity index (χ3n) is 3.43. The summed E-state index contributed by atoms with van der Waals surface area (Å²) in [5.41, 5.74) is 2.41. The SMILES string of the molecule is CCOC(=O)Nc1cccc(NC(=O)c2cccc(OC)c2)c1C. The second-order valence-electron chi connectivity index (χ2n) is 5.01. The molecular weight excluding hydrogens is 308 g/mol. The molecule has 0 radical (unpaired) electrons. The van der Waals surface area contributed by atoms with Crippen LogP contribution < -0.4 is 15.4 Å². The minimum Gasteiger partial charge on any atom is -0.497 e. The Balaban J connectivity index is 2.17. The Labute approximate surface area is 140 Å². The molecule has 0 bridgehead atoms. The summed E-state index contributed by atoms with van der Waals surface area (Å²) in [6.45, 7) is 3.83. The minimum atomic E-state index is -0.531. The lowest BCUT2D eigenvalue weighted by Crippen LogP contribution is -2.16. The third kappa shape index (κ3) is 4.25. The summed E-state index contributed by atoms with van der Waals surface area (Å²) in [4.78, 5) is 23.9. The van der Waals surface area contributed by atoms with Crippen molar-refractivity contribution in [2.75, 3.05) is 24.4 Å². The van der Waals surface area contributed by atoms with Crippen molar-refractivity contribution in [1.82, 2.24) is 0 Å². The first-order valence-corrected chi connectivity index (χ1v) is 7.54. The highest BCUT2D eigenvalue weighted by atomic mass is 16.5. The van der Waals surface area contributed by atoms with Crippen LogP contribution >= 0.6 is 0 Å². The Kier molecular flexibility index (Phi) is 5.78. The van der Waals surface area contributed by atoms with E-state index in [2.05, 4.69) is 10.6 Å². The van der Waals surface area contributed by atoms with Crippen molar-refractivity contribution < 1.29 is 19.1 Å². The fourth-order valence-corrected chi connectivity index (χ4v) is 2.14. The number of benzene rings is 2. The summed E-state index contributed by atoms with van der Waals surface area (Å²) >= 11 is 0. The van der Waals surface area contributed by atoms with Crippen molar-refractivity contribution >= 4 is 23.4 Å². The molecule has 2 rings (SSSR count). The number of ether oxygens (including phenoxy) is 2. The Morgan fingerprint density at radius 3 is 2.38 bits per heavy atom. The first-order valence-electron chi connectivity index (χ1n) is 7.54. The molecule has 24 heavy (non-hydrogen) atoms. The first kappa shape index (κ1) is 17.3. The van der Waals surface area contributed by atoms with Crippen LogP contribution in [-0.2, 0) is 4.74 Å². The number of anilines is 2. The Hall–Kier alpha value is -3.02. The van der Waals surface area contributed by atoms with Crippen LogP contribution in [0.1, 0.15) is 22.8 Å². The topological polar surface area (TPSA) is 76.7 Å². The molecule has 0 aliphatic rings. The maximum atomic E-state index is 12.4. The summed E-state index contributed by atoms with van der Waals surface area (Å²) in [5, 5.41) is 5.49. The van der Waals surface area contributed by atoms with E-state index < -0.39 is 6.09 Å². The van der Waals surface area contributed by atoms with Crippen LogP contribution in [0.5, 0.6) is 5.75 Å². The van der Waals surface area contributed by atoms with Crippen molar-refractivity contribution in [1.29, 1.82) is 0 Å². The quantitative estimate of drug-likeness (QED) is 0.874. The molecule has 0 heterocycles. The van der Waals surface area contributed by atoms with Gasteiger partial charge in [-0.05, 0) is 49.7 Å². The van der Waals surface area contributed by atoms with Crippen LogP contribution in [0.3, 0.4) is 0 Å². The molecule has 2 aromatic carbocycles. The van der Waals surface area contributed by atoms with Gasteiger partial charge in [0.2, 0.25) is 0 Å². The van der Waals surface area contributed by atoms with Crippen LogP contribution in [0.4, 0.5) is 16.2 Å². The van der Waals surface area contributed by atoms with Gasteiger partial charge < -0.3 is 14.8 Å². The second kappa shape index (κ2) is 8.01. The zero-order valence-corrected chi connectivity index (χ0v) is 13.9. The van der Waals surface area contributed by atoms with Crippen molar-refractivity contribution in [2.24, 2.45) is 0 Å². The number of carbonyl (C=O) groups is 2. The molecule has 0 aliphatic carbocycles. The van der Waals surface area contributed by atoms with Gasteiger partial charge >= 0.3 is 6.09 Å². The van der Waals surface area contributed by atoms with Crippen LogP contribution in [0, 0.1) is 6.92 Å². The van der Waals surface area contributed by atoms with Gasteiger partial charge in [0.1, 0.15) is 5.75 Å². The molecule has 6 heteroatoms. The molecule has 2 aromatic rings. The van der Waals surface area contributed by atoms with Crippen LogP contribution in [0.15, 0.2) is 42.5 Å². The Morgan fingerprint density at radius 2 is 1.71 bits per heavy atom. The van der Waals surface area contributed by atoms with Gasteiger partial charge in [0.25, 0.3) is 5.91 Å². The van der Waals surface area contributed by atoms with Crippen molar-refractivity contribution in [3.63, 3.8) is 0 Å². The summed E-state index contributed by atoms with van der Waals surface area (Å²) in [6.07, 6.45) is -0.531. The van der Waals surface area contributed by atoms with Crippen molar-refractivity contribution in [3.05, 3.63) is 53.6 Å². The monoisotopic (exact) mass is 328 g/mol.